The molecular weight excluding hydrogens is 188 g/mol. The monoisotopic (exact) mass is 204 g/mol. The molecule has 0 aliphatic carbocycles. The van der Waals surface area contributed by atoms with Gasteiger partial charge in [-0.2, -0.15) is 0 Å². The Morgan fingerprint density at radius 1 is 1.40 bits per heavy atom. The SMILES string of the molecule is C=CCCNCc1ccc(C(N)=O)cc1. The smallest absolute Gasteiger partial charge is 0.248 e. The zero-order valence-corrected chi connectivity index (χ0v) is 8.70. The van der Waals surface area contributed by atoms with Crippen molar-refractivity contribution in [1.29, 1.82) is 0 Å². The van der Waals surface area contributed by atoms with Gasteiger partial charge in [-0.3, -0.25) is 4.79 Å². The van der Waals surface area contributed by atoms with E-state index in [1.54, 1.807) is 12.1 Å². The highest BCUT2D eigenvalue weighted by molar-refractivity contribution is 5.92. The van der Waals surface area contributed by atoms with E-state index in [4.69, 9.17) is 5.73 Å². The molecule has 0 atom stereocenters. The Morgan fingerprint density at radius 3 is 2.60 bits per heavy atom. The maximum Gasteiger partial charge on any atom is 0.248 e. The number of rotatable bonds is 6. The van der Waals surface area contributed by atoms with Gasteiger partial charge in [0.05, 0.1) is 0 Å². The molecular formula is C12H16N2O. The van der Waals surface area contributed by atoms with Gasteiger partial charge in [0.2, 0.25) is 5.91 Å². The van der Waals surface area contributed by atoms with Crippen LogP contribution in [0.2, 0.25) is 0 Å². The Kier molecular flexibility index (Phi) is 4.57. The van der Waals surface area contributed by atoms with Crippen molar-refractivity contribution in [2.45, 2.75) is 13.0 Å². The van der Waals surface area contributed by atoms with Gasteiger partial charge in [0.25, 0.3) is 0 Å². The third-order valence-corrected chi connectivity index (χ3v) is 2.09. The second-order valence-corrected chi connectivity index (χ2v) is 3.32. The Bertz CT molecular complexity index is 330. The lowest BCUT2D eigenvalue weighted by molar-refractivity contribution is 0.100. The molecule has 1 rings (SSSR count). The number of nitrogens with two attached hydrogens (primary N) is 1. The van der Waals surface area contributed by atoms with Gasteiger partial charge in [-0.25, -0.2) is 0 Å². The van der Waals surface area contributed by atoms with Gasteiger partial charge in [-0.05, 0) is 30.7 Å². The Labute approximate surface area is 90.0 Å². The van der Waals surface area contributed by atoms with Crippen LogP contribution in [-0.2, 0) is 6.54 Å². The summed E-state index contributed by atoms with van der Waals surface area (Å²) in [6.45, 7) is 5.36. The Balaban J connectivity index is 2.42. The van der Waals surface area contributed by atoms with Crippen molar-refractivity contribution in [1.82, 2.24) is 5.32 Å². The number of hydrogen-bond donors (Lipinski definition) is 2. The Hall–Kier alpha value is -1.61. The van der Waals surface area contributed by atoms with E-state index in [9.17, 15) is 4.79 Å². The van der Waals surface area contributed by atoms with E-state index < -0.39 is 0 Å². The van der Waals surface area contributed by atoms with Crippen molar-refractivity contribution in [3.63, 3.8) is 0 Å². The lowest BCUT2D eigenvalue weighted by Gasteiger charge is -2.03. The molecule has 3 heteroatoms. The summed E-state index contributed by atoms with van der Waals surface area (Å²) in [5.41, 5.74) is 6.83. The van der Waals surface area contributed by atoms with E-state index in [0.717, 1.165) is 25.1 Å². The predicted octanol–water partition coefficient (Wildman–Crippen LogP) is 1.45. The minimum Gasteiger partial charge on any atom is -0.366 e. The lowest BCUT2D eigenvalue weighted by atomic mass is 10.1. The second-order valence-electron chi connectivity index (χ2n) is 3.32. The van der Waals surface area contributed by atoms with Gasteiger partial charge < -0.3 is 11.1 Å². The van der Waals surface area contributed by atoms with E-state index in [0.29, 0.717) is 5.56 Å². The van der Waals surface area contributed by atoms with E-state index >= 15 is 0 Å². The average molecular weight is 204 g/mol. The zero-order valence-electron chi connectivity index (χ0n) is 8.70. The van der Waals surface area contributed by atoms with Gasteiger partial charge >= 0.3 is 0 Å². The molecule has 0 fully saturated rings. The molecule has 0 saturated heterocycles. The molecule has 1 aromatic carbocycles. The first-order chi connectivity index (χ1) is 7.24. The van der Waals surface area contributed by atoms with Gasteiger partial charge in [0.15, 0.2) is 0 Å². The predicted molar refractivity (Wildman–Crippen MR) is 61.5 cm³/mol. The molecule has 3 nitrogen and oxygen atoms in total. The maximum absolute atomic E-state index is 10.8. The molecule has 15 heavy (non-hydrogen) atoms. The molecule has 3 N–H and O–H groups in total. The number of amides is 1. The molecule has 0 aliphatic heterocycles. The van der Waals surface area contributed by atoms with Gasteiger partial charge in [-0.15, -0.1) is 6.58 Å². The van der Waals surface area contributed by atoms with Crippen LogP contribution in [0.1, 0.15) is 22.3 Å². The normalized spacial score (nSPS) is 9.87. The number of benzene rings is 1. The number of nitrogens with one attached hydrogen (secondary N) is 1. The summed E-state index contributed by atoms with van der Waals surface area (Å²) in [6.07, 6.45) is 2.84. The summed E-state index contributed by atoms with van der Waals surface area (Å²) in [5, 5.41) is 3.26. The highest BCUT2D eigenvalue weighted by atomic mass is 16.1. The second kappa shape index (κ2) is 5.98. The summed E-state index contributed by atoms with van der Waals surface area (Å²) in [5.74, 6) is -0.388. The lowest BCUT2D eigenvalue weighted by Crippen LogP contribution is -2.14. The van der Waals surface area contributed by atoms with Crippen molar-refractivity contribution < 1.29 is 4.79 Å². The first-order valence-corrected chi connectivity index (χ1v) is 4.94. The average Bonchev–Trinajstić information content (AvgIpc) is 2.25. The zero-order chi connectivity index (χ0) is 11.1. The number of primary amides is 1. The molecule has 1 amide bonds. The van der Waals surface area contributed by atoms with Crippen LogP contribution in [0.3, 0.4) is 0 Å². The fourth-order valence-electron chi connectivity index (χ4n) is 1.22. The molecule has 0 radical (unpaired) electrons. The van der Waals surface area contributed by atoms with Crippen molar-refractivity contribution in [2.75, 3.05) is 6.54 Å². The first-order valence-electron chi connectivity index (χ1n) is 4.94. The first kappa shape index (κ1) is 11.5. The molecule has 0 heterocycles. The third-order valence-electron chi connectivity index (χ3n) is 2.09. The van der Waals surface area contributed by atoms with Crippen LogP contribution in [0, 0.1) is 0 Å². The van der Waals surface area contributed by atoms with E-state index in [1.807, 2.05) is 18.2 Å². The minimum absolute atomic E-state index is 0.388. The van der Waals surface area contributed by atoms with Crippen LogP contribution in [0.4, 0.5) is 0 Å². The molecule has 0 bridgehead atoms. The molecule has 0 saturated carbocycles. The highest BCUT2D eigenvalue weighted by Gasteiger charge is 1.98. The largest absolute Gasteiger partial charge is 0.366 e. The van der Waals surface area contributed by atoms with Crippen LogP contribution in [0.5, 0.6) is 0 Å². The van der Waals surface area contributed by atoms with E-state index in [1.165, 1.54) is 0 Å². The van der Waals surface area contributed by atoms with Crippen LogP contribution in [0.15, 0.2) is 36.9 Å². The van der Waals surface area contributed by atoms with Crippen molar-refractivity contribution in [3.05, 3.63) is 48.0 Å². The minimum atomic E-state index is -0.388. The van der Waals surface area contributed by atoms with Crippen LogP contribution < -0.4 is 11.1 Å². The number of hydrogen-bond acceptors (Lipinski definition) is 2. The van der Waals surface area contributed by atoms with Crippen LogP contribution in [-0.4, -0.2) is 12.5 Å². The highest BCUT2D eigenvalue weighted by Crippen LogP contribution is 2.03. The van der Waals surface area contributed by atoms with Gasteiger partial charge in [-0.1, -0.05) is 18.2 Å². The summed E-state index contributed by atoms with van der Waals surface area (Å²) in [4.78, 5) is 10.8. The number of carbonyl (C=O) groups is 1. The molecule has 0 spiro atoms. The van der Waals surface area contributed by atoms with Crippen LogP contribution in [0.25, 0.3) is 0 Å². The molecule has 0 unspecified atom stereocenters. The van der Waals surface area contributed by atoms with Crippen molar-refractivity contribution >= 4 is 5.91 Å². The van der Waals surface area contributed by atoms with E-state index in [2.05, 4.69) is 11.9 Å². The summed E-state index contributed by atoms with van der Waals surface area (Å²) < 4.78 is 0. The van der Waals surface area contributed by atoms with Gasteiger partial charge in [0, 0.05) is 12.1 Å². The standard InChI is InChI=1S/C12H16N2O/c1-2-3-8-14-9-10-4-6-11(7-5-10)12(13)15/h2,4-7,14H,1,3,8-9H2,(H2,13,15). The van der Waals surface area contributed by atoms with Crippen molar-refractivity contribution in [3.8, 4) is 0 Å². The summed E-state index contributed by atoms with van der Waals surface area (Å²) in [7, 11) is 0. The topological polar surface area (TPSA) is 55.1 Å². The fourth-order valence-corrected chi connectivity index (χ4v) is 1.22. The molecule has 1 aromatic rings. The summed E-state index contributed by atoms with van der Waals surface area (Å²) in [6, 6.07) is 7.29. The summed E-state index contributed by atoms with van der Waals surface area (Å²) >= 11 is 0. The molecule has 80 valence electrons. The number of carbonyl (C=O) groups excluding carboxylic acids is 1. The maximum atomic E-state index is 10.8. The van der Waals surface area contributed by atoms with Gasteiger partial charge in [0.1, 0.15) is 0 Å². The molecule has 0 aliphatic rings. The fraction of sp³-hybridized carbons (Fsp3) is 0.250. The van der Waals surface area contributed by atoms with E-state index in [-0.39, 0.29) is 5.91 Å². The quantitative estimate of drug-likeness (QED) is 0.544. The van der Waals surface area contributed by atoms with Crippen LogP contribution >= 0.6 is 0 Å². The van der Waals surface area contributed by atoms with Crippen molar-refractivity contribution in [2.24, 2.45) is 5.73 Å². The Morgan fingerprint density at radius 2 is 2.07 bits per heavy atom. The third kappa shape index (κ3) is 3.95. The molecule has 0 aromatic heterocycles.